The lowest BCUT2D eigenvalue weighted by Crippen LogP contribution is -2.38. The molecule has 0 amide bonds. The van der Waals surface area contributed by atoms with Gasteiger partial charge in [0.25, 0.3) is 0 Å². The van der Waals surface area contributed by atoms with E-state index in [2.05, 4.69) is 109 Å². The average Bonchev–Trinajstić information content (AvgIpc) is 3.27. The molecule has 0 radical (unpaired) electrons. The molecular weight excluding hydrogens is 576 g/mol. The molecule has 1 aliphatic carbocycles. The van der Waals surface area contributed by atoms with Crippen LogP contribution in [0.25, 0.3) is 51.3 Å². The summed E-state index contributed by atoms with van der Waals surface area (Å²) in [4.78, 5) is 14.0. The summed E-state index contributed by atoms with van der Waals surface area (Å²) in [5.74, 6) is 0.281. The van der Waals surface area contributed by atoms with Crippen LogP contribution in [0.15, 0.2) is 146 Å². The van der Waals surface area contributed by atoms with Gasteiger partial charge < -0.3 is 9.47 Å². The molecule has 0 atom stereocenters. The lowest BCUT2D eigenvalue weighted by atomic mass is 9.76. The Hall–Kier alpha value is -5.93. The summed E-state index contributed by atoms with van der Waals surface area (Å²) in [6.07, 6.45) is 8.71. The maximum Gasteiger partial charge on any atom is 0.339 e. The first-order valence-corrected chi connectivity index (χ1v) is 16.0. The Morgan fingerprint density at radius 1 is 0.617 bits per heavy atom. The number of hydrogen-bond acceptors (Lipinski definition) is 3. The maximum absolute atomic E-state index is 14.0. The van der Waals surface area contributed by atoms with Crippen LogP contribution in [-0.2, 0) is 4.74 Å². The van der Waals surface area contributed by atoms with Gasteiger partial charge in [-0.15, -0.1) is 0 Å². The summed E-state index contributed by atoms with van der Waals surface area (Å²) in [7, 11) is 0. The molecule has 0 saturated carbocycles. The Kier molecular flexibility index (Phi) is 7.15. The van der Waals surface area contributed by atoms with Crippen molar-refractivity contribution in [2.24, 2.45) is 0 Å². The zero-order valence-corrected chi connectivity index (χ0v) is 26.0. The van der Waals surface area contributed by atoms with Crippen molar-refractivity contribution in [2.75, 3.05) is 6.61 Å². The minimum absolute atomic E-state index is 0.267. The third-order valence-electron chi connectivity index (χ3n) is 9.06. The fourth-order valence-electron chi connectivity index (χ4n) is 6.98. The molecule has 3 heteroatoms. The van der Waals surface area contributed by atoms with Crippen LogP contribution in [0.5, 0.6) is 5.75 Å². The van der Waals surface area contributed by atoms with Crippen LogP contribution in [0.2, 0.25) is 0 Å². The van der Waals surface area contributed by atoms with Crippen molar-refractivity contribution >= 4 is 46.1 Å². The van der Waals surface area contributed by atoms with E-state index in [0.29, 0.717) is 16.9 Å². The first-order chi connectivity index (χ1) is 23.2. The van der Waals surface area contributed by atoms with Crippen LogP contribution < -0.4 is 4.74 Å². The molecule has 6 aromatic carbocycles. The predicted molar refractivity (Wildman–Crippen MR) is 193 cm³/mol. The maximum atomic E-state index is 14.0. The van der Waals surface area contributed by atoms with Crippen molar-refractivity contribution in [3.8, 4) is 16.9 Å². The second kappa shape index (κ2) is 11.8. The van der Waals surface area contributed by atoms with E-state index in [0.717, 1.165) is 55.3 Å². The first-order valence-electron chi connectivity index (χ1n) is 16.0. The summed E-state index contributed by atoms with van der Waals surface area (Å²) in [5, 5.41) is 1.86. The van der Waals surface area contributed by atoms with E-state index < -0.39 is 5.60 Å². The molecule has 2 aliphatic rings. The van der Waals surface area contributed by atoms with Crippen LogP contribution in [0.1, 0.15) is 45.1 Å². The van der Waals surface area contributed by atoms with E-state index in [1.165, 1.54) is 0 Å². The summed E-state index contributed by atoms with van der Waals surface area (Å²) in [6, 6.07) is 47.6. The smallest absolute Gasteiger partial charge is 0.339 e. The van der Waals surface area contributed by atoms with Gasteiger partial charge in [-0.1, -0.05) is 140 Å². The molecule has 0 bridgehead atoms. The van der Waals surface area contributed by atoms with Crippen LogP contribution in [0, 0.1) is 0 Å². The van der Waals surface area contributed by atoms with Gasteiger partial charge in [0.1, 0.15) is 5.75 Å². The number of rotatable bonds is 5. The highest BCUT2D eigenvalue weighted by Gasteiger charge is 2.45. The number of fused-ring (bicyclic) bond motifs is 4. The van der Waals surface area contributed by atoms with Crippen LogP contribution >= 0.6 is 0 Å². The fourth-order valence-corrected chi connectivity index (χ4v) is 6.98. The largest absolute Gasteiger partial charge is 0.472 e. The lowest BCUT2D eigenvalue weighted by Gasteiger charge is -2.40. The number of esters is 1. The van der Waals surface area contributed by atoms with Gasteiger partial charge in [-0.25, -0.2) is 4.79 Å². The van der Waals surface area contributed by atoms with Crippen molar-refractivity contribution in [1.29, 1.82) is 0 Å². The van der Waals surface area contributed by atoms with E-state index >= 15 is 0 Å². The summed E-state index contributed by atoms with van der Waals surface area (Å²) in [5.41, 5.74) is 8.31. The van der Waals surface area contributed by atoms with E-state index in [1.807, 2.05) is 61.5 Å². The Morgan fingerprint density at radius 3 is 1.66 bits per heavy atom. The minimum atomic E-state index is -1.03. The summed E-state index contributed by atoms with van der Waals surface area (Å²) < 4.78 is 13.3. The average molecular weight is 609 g/mol. The molecule has 47 heavy (non-hydrogen) atoms. The Bertz CT molecular complexity index is 2150. The van der Waals surface area contributed by atoms with Crippen LogP contribution in [0.4, 0.5) is 0 Å². The molecule has 1 aliphatic heterocycles. The number of ether oxygens (including phenoxy) is 2. The highest BCUT2D eigenvalue weighted by Crippen LogP contribution is 2.53. The molecule has 0 N–H and O–H groups in total. The number of benzene rings is 6. The fraction of sp³-hybridized carbons (Fsp3) is 0.0682. The van der Waals surface area contributed by atoms with Gasteiger partial charge in [-0.05, 0) is 64.4 Å². The molecule has 6 aromatic rings. The van der Waals surface area contributed by atoms with Crippen molar-refractivity contribution in [3.63, 3.8) is 0 Å². The normalized spacial score (nSPS) is 14.3. The van der Waals surface area contributed by atoms with Gasteiger partial charge in [0.05, 0.1) is 12.2 Å². The molecule has 1 heterocycles. The van der Waals surface area contributed by atoms with Crippen molar-refractivity contribution in [2.45, 2.75) is 12.5 Å². The van der Waals surface area contributed by atoms with E-state index in [4.69, 9.17) is 9.47 Å². The number of carbonyl (C=O) groups excluding carboxylic acids is 1. The topological polar surface area (TPSA) is 35.5 Å². The number of hydrogen-bond donors (Lipinski definition) is 0. The zero-order valence-electron chi connectivity index (χ0n) is 26.0. The molecule has 0 unspecified atom stereocenters. The van der Waals surface area contributed by atoms with E-state index in [1.54, 1.807) is 0 Å². The Morgan fingerprint density at radius 2 is 1.11 bits per heavy atom. The van der Waals surface area contributed by atoms with E-state index in [9.17, 15) is 4.79 Å². The summed E-state index contributed by atoms with van der Waals surface area (Å²) in [6.45, 7) is 2.11. The van der Waals surface area contributed by atoms with Crippen LogP contribution in [0.3, 0.4) is 0 Å². The second-order valence-electron chi connectivity index (χ2n) is 11.8. The highest BCUT2D eigenvalue weighted by molar-refractivity contribution is 6.15. The molecule has 1 spiro atoms. The van der Waals surface area contributed by atoms with Crippen molar-refractivity contribution < 1.29 is 14.3 Å². The zero-order chi connectivity index (χ0) is 31.8. The highest BCUT2D eigenvalue weighted by atomic mass is 16.5. The second-order valence-corrected chi connectivity index (χ2v) is 11.8. The Labute approximate surface area is 274 Å². The standard InChI is InChI=1S/C44H32O3/c1-2-46-43(45)41-37-26-27-44(47-42(37)36-25-15-14-24-35(36)40(41)32-20-10-5-11-21-32)38(30-16-6-3-7-17-30)28-33-22-12-13-23-34(33)29-39(44)31-18-8-4-9-19-31/h3-29H,2H2,1H3. The Balaban J connectivity index is 1.48. The van der Waals surface area contributed by atoms with Gasteiger partial charge in [0.15, 0.2) is 5.60 Å². The van der Waals surface area contributed by atoms with Gasteiger partial charge in [-0.3, -0.25) is 0 Å². The van der Waals surface area contributed by atoms with Gasteiger partial charge in [0, 0.05) is 27.7 Å². The third kappa shape index (κ3) is 4.79. The number of carbonyl (C=O) groups is 1. The predicted octanol–water partition coefficient (Wildman–Crippen LogP) is 10.6. The van der Waals surface area contributed by atoms with E-state index in [-0.39, 0.29) is 12.6 Å². The van der Waals surface area contributed by atoms with Gasteiger partial charge in [0.2, 0.25) is 0 Å². The first kappa shape index (κ1) is 28.5. The monoisotopic (exact) mass is 608 g/mol. The SMILES string of the molecule is CCOC(=O)c1c2c(c3ccccc3c1-c1ccccc1)OC1(C=C2)C(c2ccccc2)=Cc2ccccc2C=C1c1ccccc1. The summed E-state index contributed by atoms with van der Waals surface area (Å²) >= 11 is 0. The third-order valence-corrected chi connectivity index (χ3v) is 9.06. The molecule has 0 aromatic heterocycles. The molecule has 0 saturated heterocycles. The van der Waals surface area contributed by atoms with Crippen molar-refractivity contribution in [3.05, 3.63) is 179 Å². The lowest BCUT2D eigenvalue weighted by molar-refractivity contribution is 0.0526. The quantitative estimate of drug-likeness (QED) is 0.183. The van der Waals surface area contributed by atoms with Gasteiger partial charge >= 0.3 is 5.97 Å². The minimum Gasteiger partial charge on any atom is -0.472 e. The molecule has 8 rings (SSSR count). The molecule has 226 valence electrons. The molecular formula is C44H32O3. The molecule has 0 fully saturated rings. The van der Waals surface area contributed by atoms with Crippen LogP contribution in [-0.4, -0.2) is 18.2 Å². The van der Waals surface area contributed by atoms with Gasteiger partial charge in [-0.2, -0.15) is 0 Å². The molecule has 3 nitrogen and oxygen atoms in total. The van der Waals surface area contributed by atoms with Crippen molar-refractivity contribution in [1.82, 2.24) is 0 Å².